The molecule has 0 saturated carbocycles. The molecule has 1 amide bonds. The van der Waals surface area contributed by atoms with E-state index in [9.17, 15) is 17.6 Å². The Morgan fingerprint density at radius 3 is 2.62 bits per heavy atom. The number of rotatable bonds is 5. The van der Waals surface area contributed by atoms with Crippen molar-refractivity contribution in [1.82, 2.24) is 14.8 Å². The quantitative estimate of drug-likeness (QED) is 0.676. The first-order chi connectivity index (χ1) is 12.3. The van der Waals surface area contributed by atoms with Gasteiger partial charge in [0.25, 0.3) is 0 Å². The van der Waals surface area contributed by atoms with Crippen molar-refractivity contribution < 1.29 is 21.8 Å². The van der Waals surface area contributed by atoms with Crippen LogP contribution in [0, 0.1) is 12.7 Å². The summed E-state index contributed by atoms with van der Waals surface area (Å²) in [5.41, 5.74) is 6.01. The molecule has 3 aromatic rings. The van der Waals surface area contributed by atoms with Gasteiger partial charge in [0.1, 0.15) is 16.4 Å². The molecule has 0 radical (unpaired) electrons. The lowest BCUT2D eigenvalue weighted by molar-refractivity contribution is 0.0999. The lowest BCUT2D eigenvalue weighted by Gasteiger charge is -2.09. The summed E-state index contributed by atoms with van der Waals surface area (Å²) in [5, 5.41) is 3.98. The Balaban J connectivity index is 1.91. The van der Waals surface area contributed by atoms with E-state index >= 15 is 0 Å². The normalized spacial score (nSPS) is 11.3. The number of pyridine rings is 1. The molecule has 1 aromatic carbocycles. The molecule has 0 aliphatic carbocycles. The third-order valence-corrected chi connectivity index (χ3v) is 4.61. The molecule has 0 unspecified atom stereocenters. The summed E-state index contributed by atoms with van der Waals surface area (Å²) in [6.45, 7) is 1.79. The fourth-order valence-electron chi connectivity index (χ4n) is 2.15. The van der Waals surface area contributed by atoms with Crippen LogP contribution >= 0.6 is 0 Å². The maximum Gasteiger partial charge on any atom is 0.339 e. The van der Waals surface area contributed by atoms with E-state index in [1.165, 1.54) is 23.0 Å². The van der Waals surface area contributed by atoms with E-state index in [2.05, 4.69) is 10.1 Å². The molecule has 0 saturated heterocycles. The Bertz CT molecular complexity index is 1100. The molecular formula is C16H13FN4O4S. The second-order valence-corrected chi connectivity index (χ2v) is 6.93. The van der Waals surface area contributed by atoms with Crippen LogP contribution in [-0.4, -0.2) is 29.1 Å². The van der Waals surface area contributed by atoms with E-state index in [4.69, 9.17) is 9.92 Å². The van der Waals surface area contributed by atoms with Gasteiger partial charge in [0, 0.05) is 12.4 Å². The van der Waals surface area contributed by atoms with Gasteiger partial charge in [-0.2, -0.15) is 13.5 Å². The molecule has 0 fully saturated rings. The Kier molecular flexibility index (Phi) is 4.43. The lowest BCUT2D eigenvalue weighted by Crippen LogP contribution is -2.14. The SMILES string of the molecule is Cc1cnn(-c2ccc(S(=O)(=O)Oc3cncc(C(N)=O)c3)cc2F)c1. The molecule has 134 valence electrons. The number of aromatic nitrogens is 3. The van der Waals surface area contributed by atoms with Gasteiger partial charge in [0.05, 0.1) is 18.0 Å². The zero-order valence-electron chi connectivity index (χ0n) is 13.5. The number of hydrogen-bond donors (Lipinski definition) is 1. The van der Waals surface area contributed by atoms with E-state index in [0.717, 1.165) is 23.9 Å². The predicted octanol–water partition coefficient (Wildman–Crippen LogP) is 1.58. The molecule has 2 heterocycles. The first-order valence-corrected chi connectivity index (χ1v) is 8.67. The van der Waals surface area contributed by atoms with Gasteiger partial charge in [-0.3, -0.25) is 9.78 Å². The minimum Gasteiger partial charge on any atom is -0.377 e. The number of primary amides is 1. The minimum atomic E-state index is -4.33. The molecule has 10 heteroatoms. The van der Waals surface area contributed by atoms with Crippen molar-refractivity contribution in [3.05, 3.63) is 66.0 Å². The summed E-state index contributed by atoms with van der Waals surface area (Å²) in [7, 11) is -4.33. The highest BCUT2D eigenvalue weighted by atomic mass is 32.2. The van der Waals surface area contributed by atoms with Gasteiger partial charge in [-0.05, 0) is 36.8 Å². The smallest absolute Gasteiger partial charge is 0.339 e. The van der Waals surface area contributed by atoms with Crippen LogP contribution in [0.3, 0.4) is 0 Å². The molecular weight excluding hydrogens is 363 g/mol. The summed E-state index contributed by atoms with van der Waals surface area (Å²) >= 11 is 0. The maximum atomic E-state index is 14.3. The molecule has 0 aliphatic rings. The van der Waals surface area contributed by atoms with Gasteiger partial charge in [-0.15, -0.1) is 0 Å². The van der Waals surface area contributed by atoms with Crippen LogP contribution < -0.4 is 9.92 Å². The van der Waals surface area contributed by atoms with Gasteiger partial charge in [-0.1, -0.05) is 0 Å². The summed E-state index contributed by atoms with van der Waals surface area (Å²) in [5.74, 6) is -1.79. The molecule has 26 heavy (non-hydrogen) atoms. The number of halogens is 1. The van der Waals surface area contributed by atoms with Crippen LogP contribution in [0.1, 0.15) is 15.9 Å². The zero-order valence-corrected chi connectivity index (χ0v) is 14.3. The number of nitrogens with zero attached hydrogens (tertiary/aromatic N) is 3. The lowest BCUT2D eigenvalue weighted by atomic mass is 10.3. The number of aryl methyl sites for hydroxylation is 1. The fourth-order valence-corrected chi connectivity index (χ4v) is 3.07. The van der Waals surface area contributed by atoms with E-state index < -0.39 is 26.7 Å². The second kappa shape index (κ2) is 6.56. The molecule has 0 bridgehead atoms. The number of amides is 1. The molecule has 0 aliphatic heterocycles. The summed E-state index contributed by atoms with van der Waals surface area (Å²) in [4.78, 5) is 14.4. The van der Waals surface area contributed by atoms with Gasteiger partial charge >= 0.3 is 10.1 Å². The van der Waals surface area contributed by atoms with E-state index in [0.29, 0.717) is 0 Å². The standard InChI is InChI=1S/C16H13FN4O4S/c1-10-6-20-21(9-10)15-3-2-13(5-14(15)17)26(23,24)25-12-4-11(16(18)22)7-19-8-12/h2-9H,1H3,(H2,18,22). The van der Waals surface area contributed by atoms with Gasteiger partial charge in [-0.25, -0.2) is 9.07 Å². The monoisotopic (exact) mass is 376 g/mol. The average molecular weight is 376 g/mol. The number of hydrogen-bond acceptors (Lipinski definition) is 6. The Hall–Kier alpha value is -3.27. The van der Waals surface area contributed by atoms with E-state index in [-0.39, 0.29) is 17.0 Å². The van der Waals surface area contributed by atoms with E-state index in [1.807, 2.05) is 0 Å². The van der Waals surface area contributed by atoms with Crippen molar-refractivity contribution >= 4 is 16.0 Å². The first-order valence-electron chi connectivity index (χ1n) is 7.27. The van der Waals surface area contributed by atoms with Crippen molar-refractivity contribution in [2.75, 3.05) is 0 Å². The largest absolute Gasteiger partial charge is 0.377 e. The molecule has 0 spiro atoms. The number of nitrogens with two attached hydrogens (primary N) is 1. The fraction of sp³-hybridized carbons (Fsp3) is 0.0625. The first kappa shape index (κ1) is 17.5. The third kappa shape index (κ3) is 3.54. The van der Waals surface area contributed by atoms with Crippen LogP contribution in [0.5, 0.6) is 5.75 Å². The van der Waals surface area contributed by atoms with E-state index in [1.54, 1.807) is 19.3 Å². The van der Waals surface area contributed by atoms with Crippen LogP contribution in [0.15, 0.2) is 53.9 Å². The molecule has 8 nitrogen and oxygen atoms in total. The zero-order chi connectivity index (χ0) is 18.9. The molecule has 2 aromatic heterocycles. The second-order valence-electron chi connectivity index (χ2n) is 5.39. The van der Waals surface area contributed by atoms with Crippen molar-refractivity contribution in [2.24, 2.45) is 5.73 Å². The maximum absolute atomic E-state index is 14.3. The van der Waals surface area contributed by atoms with Crippen LogP contribution in [-0.2, 0) is 10.1 Å². The molecule has 3 rings (SSSR count). The highest BCUT2D eigenvalue weighted by Crippen LogP contribution is 2.22. The molecule has 2 N–H and O–H groups in total. The Morgan fingerprint density at radius 2 is 2.00 bits per heavy atom. The summed E-state index contributed by atoms with van der Waals surface area (Å²) in [6, 6.07) is 4.42. The topological polar surface area (TPSA) is 117 Å². The van der Waals surface area contributed by atoms with Gasteiger partial charge < -0.3 is 9.92 Å². The minimum absolute atomic E-state index is 0.0201. The van der Waals surface area contributed by atoms with Gasteiger partial charge in [0.2, 0.25) is 5.91 Å². The molecule has 0 atom stereocenters. The highest BCUT2D eigenvalue weighted by Gasteiger charge is 2.20. The van der Waals surface area contributed by atoms with Crippen LogP contribution in [0.4, 0.5) is 4.39 Å². The van der Waals surface area contributed by atoms with Crippen molar-refractivity contribution in [2.45, 2.75) is 11.8 Å². The van der Waals surface area contributed by atoms with Crippen LogP contribution in [0.2, 0.25) is 0 Å². The van der Waals surface area contributed by atoms with Crippen molar-refractivity contribution in [3.63, 3.8) is 0 Å². The van der Waals surface area contributed by atoms with Crippen molar-refractivity contribution in [3.8, 4) is 11.4 Å². The highest BCUT2D eigenvalue weighted by molar-refractivity contribution is 7.87. The summed E-state index contributed by atoms with van der Waals surface area (Å²) in [6.07, 6.45) is 5.42. The van der Waals surface area contributed by atoms with Gasteiger partial charge in [0.15, 0.2) is 5.75 Å². The number of carbonyl (C=O) groups excluding carboxylic acids is 1. The summed E-state index contributed by atoms with van der Waals surface area (Å²) < 4.78 is 45.2. The number of carbonyl (C=O) groups is 1. The van der Waals surface area contributed by atoms with Crippen LogP contribution in [0.25, 0.3) is 5.69 Å². The Labute approximate surface area is 148 Å². The Morgan fingerprint density at radius 1 is 1.23 bits per heavy atom. The predicted molar refractivity (Wildman–Crippen MR) is 88.8 cm³/mol. The van der Waals surface area contributed by atoms with Crippen molar-refractivity contribution in [1.29, 1.82) is 0 Å². The third-order valence-electron chi connectivity index (χ3n) is 3.37. The average Bonchev–Trinajstić information content (AvgIpc) is 3.00. The number of benzene rings is 1.